The summed E-state index contributed by atoms with van der Waals surface area (Å²) in [4.78, 5) is 11.9. The highest BCUT2D eigenvalue weighted by atomic mass is 16.5. The van der Waals surface area contributed by atoms with E-state index in [0.717, 1.165) is 17.0 Å². The maximum Gasteiger partial charge on any atom is 0.327 e. The van der Waals surface area contributed by atoms with E-state index < -0.39 is 6.04 Å². The van der Waals surface area contributed by atoms with Crippen LogP contribution >= 0.6 is 0 Å². The number of H-pyrrole nitrogens is 1. The number of hydrogen-bond acceptors (Lipinski definition) is 4. The minimum atomic E-state index is -0.565. The van der Waals surface area contributed by atoms with Gasteiger partial charge in [0, 0.05) is 11.3 Å². The third-order valence-electron chi connectivity index (χ3n) is 2.40. The Morgan fingerprint density at radius 1 is 1.65 bits per heavy atom. The van der Waals surface area contributed by atoms with Crippen molar-refractivity contribution in [3.05, 3.63) is 17.0 Å². The summed E-state index contributed by atoms with van der Waals surface area (Å²) in [6.07, 6.45) is 5.19. The first kappa shape index (κ1) is 13.3. The summed E-state index contributed by atoms with van der Waals surface area (Å²) in [7, 11) is 0. The summed E-state index contributed by atoms with van der Waals surface area (Å²) < 4.78 is 5.02. The highest BCUT2D eigenvalue weighted by Crippen LogP contribution is 2.20. The van der Waals surface area contributed by atoms with Gasteiger partial charge in [-0.1, -0.05) is 5.92 Å². The van der Waals surface area contributed by atoms with Crippen molar-refractivity contribution >= 4 is 5.97 Å². The molecule has 0 saturated carbocycles. The molecule has 5 nitrogen and oxygen atoms in total. The van der Waals surface area contributed by atoms with Crippen LogP contribution in [0.15, 0.2) is 0 Å². The van der Waals surface area contributed by atoms with Gasteiger partial charge in [-0.25, -0.2) is 4.79 Å². The third-order valence-corrected chi connectivity index (χ3v) is 2.40. The molecule has 0 radical (unpaired) electrons. The average molecular weight is 235 g/mol. The molecular formula is C12H17N3O2. The Balaban J connectivity index is 2.98. The van der Waals surface area contributed by atoms with E-state index in [4.69, 9.17) is 11.2 Å². The predicted octanol–water partition coefficient (Wildman–Crippen LogP) is 0.854. The van der Waals surface area contributed by atoms with Crippen molar-refractivity contribution < 1.29 is 9.53 Å². The molecule has 0 aromatic carbocycles. The molecule has 0 aliphatic heterocycles. The fraction of sp³-hybridized carbons (Fsp3) is 0.500. The number of aromatic nitrogens is 2. The predicted molar refractivity (Wildman–Crippen MR) is 64.3 cm³/mol. The zero-order valence-corrected chi connectivity index (χ0v) is 10.3. The van der Waals surface area contributed by atoms with Gasteiger partial charge in [-0.05, 0) is 20.8 Å². The molecule has 1 unspecified atom stereocenters. The van der Waals surface area contributed by atoms with Gasteiger partial charge in [0.15, 0.2) is 0 Å². The number of terminal acetylenes is 1. The van der Waals surface area contributed by atoms with Crippen molar-refractivity contribution in [2.45, 2.75) is 26.8 Å². The normalized spacial score (nSPS) is 11.9. The smallest absolute Gasteiger partial charge is 0.327 e. The molecule has 1 aromatic heterocycles. The summed E-state index contributed by atoms with van der Waals surface area (Å²) in [6.45, 7) is 6.10. The molecule has 2 N–H and O–H groups in total. The third kappa shape index (κ3) is 3.08. The van der Waals surface area contributed by atoms with Crippen molar-refractivity contribution in [2.24, 2.45) is 0 Å². The summed E-state index contributed by atoms with van der Waals surface area (Å²) in [5, 5.41) is 9.87. The quantitative estimate of drug-likeness (QED) is 0.586. The number of aromatic amines is 1. The van der Waals surface area contributed by atoms with Gasteiger partial charge < -0.3 is 4.74 Å². The zero-order valence-electron chi connectivity index (χ0n) is 10.3. The van der Waals surface area contributed by atoms with Gasteiger partial charge in [-0.2, -0.15) is 5.10 Å². The van der Waals surface area contributed by atoms with Gasteiger partial charge in [0.05, 0.1) is 18.8 Å². The highest BCUT2D eigenvalue weighted by Gasteiger charge is 2.26. The second-order valence-electron chi connectivity index (χ2n) is 3.62. The molecule has 0 aliphatic carbocycles. The van der Waals surface area contributed by atoms with E-state index in [2.05, 4.69) is 21.4 Å². The van der Waals surface area contributed by atoms with Crippen LogP contribution in [0.3, 0.4) is 0 Å². The number of ether oxygens (including phenoxy) is 1. The van der Waals surface area contributed by atoms with Crippen LogP contribution in [-0.2, 0) is 9.53 Å². The second-order valence-corrected chi connectivity index (χ2v) is 3.62. The van der Waals surface area contributed by atoms with E-state index in [0.29, 0.717) is 13.2 Å². The molecule has 1 aromatic rings. The van der Waals surface area contributed by atoms with E-state index in [1.165, 1.54) is 0 Å². The van der Waals surface area contributed by atoms with Gasteiger partial charge in [-0.3, -0.25) is 10.4 Å². The number of hydrogen-bond donors (Lipinski definition) is 2. The van der Waals surface area contributed by atoms with Gasteiger partial charge in [-0.15, -0.1) is 6.42 Å². The molecule has 0 saturated heterocycles. The Morgan fingerprint density at radius 3 is 2.82 bits per heavy atom. The van der Waals surface area contributed by atoms with Crippen molar-refractivity contribution in [1.29, 1.82) is 0 Å². The molecule has 0 aliphatic rings. The second kappa shape index (κ2) is 6.06. The molecular weight excluding hydrogens is 218 g/mol. The first-order valence-electron chi connectivity index (χ1n) is 5.46. The number of esters is 1. The Morgan fingerprint density at radius 2 is 2.35 bits per heavy atom. The number of nitrogens with zero attached hydrogens (tertiary/aromatic N) is 1. The Bertz CT molecular complexity index is 412. The van der Waals surface area contributed by atoms with Crippen molar-refractivity contribution in [1.82, 2.24) is 15.5 Å². The van der Waals surface area contributed by atoms with Gasteiger partial charge in [0.2, 0.25) is 0 Å². The van der Waals surface area contributed by atoms with Crippen LogP contribution in [-0.4, -0.2) is 29.3 Å². The van der Waals surface area contributed by atoms with E-state index in [9.17, 15) is 4.79 Å². The summed E-state index contributed by atoms with van der Waals surface area (Å²) >= 11 is 0. The molecule has 5 heteroatoms. The van der Waals surface area contributed by atoms with Crippen molar-refractivity contribution in [3.8, 4) is 12.3 Å². The molecule has 1 heterocycles. The Hall–Kier alpha value is -1.80. The van der Waals surface area contributed by atoms with Crippen LogP contribution in [0.5, 0.6) is 0 Å². The van der Waals surface area contributed by atoms with Crippen LogP contribution in [0, 0.1) is 26.2 Å². The van der Waals surface area contributed by atoms with Gasteiger partial charge in [0.1, 0.15) is 6.04 Å². The molecule has 0 fully saturated rings. The maximum absolute atomic E-state index is 11.9. The average Bonchev–Trinajstić information content (AvgIpc) is 2.61. The number of rotatable bonds is 5. The summed E-state index contributed by atoms with van der Waals surface area (Å²) in [6, 6.07) is -0.565. The van der Waals surface area contributed by atoms with Crippen LogP contribution in [0.2, 0.25) is 0 Å². The minimum Gasteiger partial charge on any atom is -0.465 e. The molecule has 17 heavy (non-hydrogen) atoms. The lowest BCUT2D eigenvalue weighted by Crippen LogP contribution is -2.31. The first-order valence-corrected chi connectivity index (χ1v) is 5.46. The zero-order chi connectivity index (χ0) is 12.8. The Kier molecular flexibility index (Phi) is 4.73. The molecule has 0 bridgehead atoms. The van der Waals surface area contributed by atoms with Crippen molar-refractivity contribution in [3.63, 3.8) is 0 Å². The summed E-state index contributed by atoms with van der Waals surface area (Å²) in [5.41, 5.74) is 2.41. The largest absolute Gasteiger partial charge is 0.465 e. The maximum atomic E-state index is 11.9. The van der Waals surface area contributed by atoms with Gasteiger partial charge in [0.25, 0.3) is 0 Å². The van der Waals surface area contributed by atoms with E-state index in [-0.39, 0.29) is 5.97 Å². The van der Waals surface area contributed by atoms with E-state index >= 15 is 0 Å². The van der Waals surface area contributed by atoms with Crippen LogP contribution in [0.1, 0.15) is 29.9 Å². The molecule has 1 rings (SSSR count). The highest BCUT2D eigenvalue weighted by molar-refractivity contribution is 5.78. The fourth-order valence-electron chi connectivity index (χ4n) is 1.67. The fourth-order valence-corrected chi connectivity index (χ4v) is 1.67. The lowest BCUT2D eigenvalue weighted by Gasteiger charge is -2.16. The van der Waals surface area contributed by atoms with Crippen LogP contribution < -0.4 is 5.32 Å². The summed E-state index contributed by atoms with van der Waals surface area (Å²) in [5.74, 6) is 2.11. The van der Waals surface area contributed by atoms with Crippen LogP contribution in [0.25, 0.3) is 0 Å². The SMILES string of the molecule is C#CCNC(C(=O)OCC)c1c(C)n[nH]c1C. The van der Waals surface area contributed by atoms with Crippen molar-refractivity contribution in [2.75, 3.05) is 13.2 Å². The van der Waals surface area contributed by atoms with Gasteiger partial charge >= 0.3 is 5.97 Å². The number of carbonyl (C=O) groups is 1. The minimum absolute atomic E-state index is 0.299. The van der Waals surface area contributed by atoms with E-state index in [1.54, 1.807) is 6.92 Å². The number of aryl methyl sites for hydroxylation is 2. The topological polar surface area (TPSA) is 67.0 Å². The molecule has 1 atom stereocenters. The molecule has 0 amide bonds. The molecule has 0 spiro atoms. The number of nitrogens with one attached hydrogen (secondary N) is 2. The lowest BCUT2D eigenvalue weighted by atomic mass is 10.1. The lowest BCUT2D eigenvalue weighted by molar-refractivity contribution is -0.145. The first-order chi connectivity index (χ1) is 8.11. The standard InChI is InChI=1S/C12H17N3O2/c1-5-7-13-11(12(16)17-6-2)10-8(3)14-15-9(10)4/h1,11,13H,6-7H2,2-4H3,(H,14,15). The molecule has 92 valence electrons. The Labute approximate surface area is 101 Å². The number of carbonyl (C=O) groups excluding carboxylic acids is 1. The van der Waals surface area contributed by atoms with Crippen LogP contribution in [0.4, 0.5) is 0 Å². The monoisotopic (exact) mass is 235 g/mol. The van der Waals surface area contributed by atoms with E-state index in [1.807, 2.05) is 13.8 Å².